The summed E-state index contributed by atoms with van der Waals surface area (Å²) < 4.78 is 4.94. The molecule has 0 atom stereocenters. The summed E-state index contributed by atoms with van der Waals surface area (Å²) in [7, 11) is 3.61. The van der Waals surface area contributed by atoms with Crippen LogP contribution in [0.4, 0.5) is 0 Å². The highest BCUT2D eigenvalue weighted by molar-refractivity contribution is 4.83. The van der Waals surface area contributed by atoms with Crippen LogP contribution in [0.3, 0.4) is 0 Å². The molecule has 13 heavy (non-hydrogen) atoms. The Morgan fingerprint density at radius 1 is 1.31 bits per heavy atom. The van der Waals surface area contributed by atoms with Gasteiger partial charge < -0.3 is 14.7 Å². The number of nitrogens with zero attached hydrogens (tertiary/aromatic N) is 1. The minimum Gasteiger partial charge on any atom is -0.513 e. The third-order valence-electron chi connectivity index (χ3n) is 1.84. The normalized spacial score (nSPS) is 10.1. The molecule has 0 aromatic rings. The lowest BCUT2D eigenvalue weighted by Gasteiger charge is -2.16. The van der Waals surface area contributed by atoms with E-state index >= 15 is 0 Å². The number of aliphatic hydroxyl groups is 1. The predicted octanol–water partition coefficient (Wildman–Crippen LogP) is 1.93. The first kappa shape index (κ1) is 12.0. The SMILES string of the molecule is C=C(O)CCN(C)CCC(=C)OC. The van der Waals surface area contributed by atoms with E-state index in [2.05, 4.69) is 18.1 Å². The number of methoxy groups -OCH3 is 1. The topological polar surface area (TPSA) is 32.7 Å². The third-order valence-corrected chi connectivity index (χ3v) is 1.84. The lowest BCUT2D eigenvalue weighted by molar-refractivity contribution is 0.250. The van der Waals surface area contributed by atoms with Crippen molar-refractivity contribution in [3.63, 3.8) is 0 Å². The first-order valence-electron chi connectivity index (χ1n) is 4.33. The number of ether oxygens (including phenoxy) is 1. The smallest absolute Gasteiger partial charge is 0.0896 e. The van der Waals surface area contributed by atoms with Gasteiger partial charge in [0.1, 0.15) is 0 Å². The van der Waals surface area contributed by atoms with Crippen molar-refractivity contribution in [2.24, 2.45) is 0 Å². The minimum atomic E-state index is 0.234. The summed E-state index contributed by atoms with van der Waals surface area (Å²) in [6.45, 7) is 8.85. The van der Waals surface area contributed by atoms with Crippen molar-refractivity contribution in [2.45, 2.75) is 12.8 Å². The van der Waals surface area contributed by atoms with E-state index < -0.39 is 0 Å². The molecule has 1 N–H and O–H groups in total. The Hall–Kier alpha value is -0.960. The molecule has 0 radical (unpaired) electrons. The quantitative estimate of drug-likeness (QED) is 0.615. The molecule has 0 rings (SSSR count). The van der Waals surface area contributed by atoms with Crippen LogP contribution in [0.5, 0.6) is 0 Å². The van der Waals surface area contributed by atoms with Crippen LogP contribution in [-0.4, -0.2) is 37.3 Å². The number of hydrogen-bond donors (Lipinski definition) is 1. The molecule has 0 saturated heterocycles. The van der Waals surface area contributed by atoms with E-state index in [0.29, 0.717) is 6.42 Å². The molecule has 76 valence electrons. The fourth-order valence-corrected chi connectivity index (χ4v) is 0.849. The molecule has 0 bridgehead atoms. The first-order chi connectivity index (χ1) is 6.06. The molecule has 3 nitrogen and oxygen atoms in total. The summed E-state index contributed by atoms with van der Waals surface area (Å²) in [6, 6.07) is 0. The summed E-state index contributed by atoms with van der Waals surface area (Å²) in [5.41, 5.74) is 0. The van der Waals surface area contributed by atoms with E-state index in [0.717, 1.165) is 25.3 Å². The maximum Gasteiger partial charge on any atom is 0.0896 e. The van der Waals surface area contributed by atoms with Gasteiger partial charge in [0.2, 0.25) is 0 Å². The number of hydrogen-bond acceptors (Lipinski definition) is 3. The van der Waals surface area contributed by atoms with Crippen molar-refractivity contribution in [3.05, 3.63) is 24.7 Å². The molecule has 0 aliphatic rings. The number of rotatable bonds is 7. The largest absolute Gasteiger partial charge is 0.513 e. The van der Waals surface area contributed by atoms with Gasteiger partial charge in [-0.1, -0.05) is 13.2 Å². The highest BCUT2D eigenvalue weighted by atomic mass is 16.5. The van der Waals surface area contributed by atoms with Gasteiger partial charge in [0.15, 0.2) is 0 Å². The van der Waals surface area contributed by atoms with Crippen molar-refractivity contribution in [3.8, 4) is 0 Å². The maximum absolute atomic E-state index is 8.86. The molecule has 0 saturated carbocycles. The van der Waals surface area contributed by atoms with Gasteiger partial charge >= 0.3 is 0 Å². The Morgan fingerprint density at radius 3 is 2.31 bits per heavy atom. The summed E-state index contributed by atoms with van der Waals surface area (Å²) in [6.07, 6.45) is 1.45. The Bertz CT molecular complexity index is 178. The van der Waals surface area contributed by atoms with Gasteiger partial charge in [-0.2, -0.15) is 0 Å². The van der Waals surface area contributed by atoms with Crippen molar-refractivity contribution < 1.29 is 9.84 Å². The van der Waals surface area contributed by atoms with Crippen LogP contribution in [-0.2, 0) is 4.74 Å². The van der Waals surface area contributed by atoms with Crippen molar-refractivity contribution in [1.82, 2.24) is 4.90 Å². The fraction of sp³-hybridized carbons (Fsp3) is 0.600. The zero-order valence-electron chi connectivity index (χ0n) is 8.55. The van der Waals surface area contributed by atoms with E-state index in [-0.39, 0.29) is 5.76 Å². The van der Waals surface area contributed by atoms with Crippen LogP contribution >= 0.6 is 0 Å². The average Bonchev–Trinajstić information content (AvgIpc) is 2.10. The minimum absolute atomic E-state index is 0.234. The van der Waals surface area contributed by atoms with Gasteiger partial charge in [-0.15, -0.1) is 0 Å². The highest BCUT2D eigenvalue weighted by Crippen LogP contribution is 2.01. The molecule has 0 heterocycles. The van der Waals surface area contributed by atoms with Gasteiger partial charge in [0, 0.05) is 25.9 Å². The summed E-state index contributed by atoms with van der Waals surface area (Å²) in [5, 5.41) is 8.86. The van der Waals surface area contributed by atoms with E-state index in [1.165, 1.54) is 0 Å². The van der Waals surface area contributed by atoms with Crippen molar-refractivity contribution in [1.29, 1.82) is 0 Å². The van der Waals surface area contributed by atoms with E-state index in [1.54, 1.807) is 7.11 Å². The second-order valence-corrected chi connectivity index (χ2v) is 3.11. The Labute approximate surface area is 80.3 Å². The van der Waals surface area contributed by atoms with Gasteiger partial charge in [0.05, 0.1) is 18.6 Å². The Balaban J connectivity index is 3.45. The first-order valence-corrected chi connectivity index (χ1v) is 4.33. The molecule has 0 aliphatic heterocycles. The maximum atomic E-state index is 8.86. The second kappa shape index (κ2) is 6.54. The molecule has 0 aromatic carbocycles. The molecular formula is C10H19NO2. The fourth-order valence-electron chi connectivity index (χ4n) is 0.849. The second-order valence-electron chi connectivity index (χ2n) is 3.11. The van der Waals surface area contributed by atoms with E-state index in [9.17, 15) is 0 Å². The van der Waals surface area contributed by atoms with E-state index in [1.807, 2.05) is 7.05 Å². The summed E-state index contributed by atoms with van der Waals surface area (Å²) in [4.78, 5) is 2.10. The monoisotopic (exact) mass is 185 g/mol. The standard InChI is InChI=1S/C10H19NO2/c1-9(12)5-7-11(3)8-6-10(2)13-4/h12H,1-2,5-8H2,3-4H3. The Kier molecular flexibility index (Phi) is 6.06. The lowest BCUT2D eigenvalue weighted by Crippen LogP contribution is -2.21. The molecule has 0 spiro atoms. The van der Waals surface area contributed by atoms with Gasteiger partial charge in [-0.25, -0.2) is 0 Å². The summed E-state index contributed by atoms with van der Waals surface area (Å²) >= 11 is 0. The molecule has 3 heteroatoms. The van der Waals surface area contributed by atoms with Crippen LogP contribution in [0.2, 0.25) is 0 Å². The van der Waals surface area contributed by atoms with Crippen LogP contribution in [0, 0.1) is 0 Å². The predicted molar refractivity (Wildman–Crippen MR) is 54.6 cm³/mol. The van der Waals surface area contributed by atoms with Gasteiger partial charge in [0.25, 0.3) is 0 Å². The average molecular weight is 185 g/mol. The molecule has 0 aliphatic carbocycles. The lowest BCUT2D eigenvalue weighted by atomic mass is 10.3. The van der Waals surface area contributed by atoms with Crippen molar-refractivity contribution in [2.75, 3.05) is 27.2 Å². The van der Waals surface area contributed by atoms with Crippen LogP contribution in [0.15, 0.2) is 24.7 Å². The number of aliphatic hydroxyl groups excluding tert-OH is 1. The van der Waals surface area contributed by atoms with Crippen LogP contribution in [0.25, 0.3) is 0 Å². The van der Waals surface area contributed by atoms with Gasteiger partial charge in [-0.05, 0) is 7.05 Å². The summed E-state index contributed by atoms with van der Waals surface area (Å²) in [5.74, 6) is 1.02. The van der Waals surface area contributed by atoms with Gasteiger partial charge in [-0.3, -0.25) is 0 Å². The Morgan fingerprint density at radius 2 is 1.85 bits per heavy atom. The molecule has 0 aromatic heterocycles. The van der Waals surface area contributed by atoms with Crippen molar-refractivity contribution >= 4 is 0 Å². The molecular weight excluding hydrogens is 166 g/mol. The molecule has 0 amide bonds. The zero-order chi connectivity index (χ0) is 10.3. The van der Waals surface area contributed by atoms with E-state index in [4.69, 9.17) is 9.84 Å². The van der Waals surface area contributed by atoms with Crippen LogP contribution in [0.1, 0.15) is 12.8 Å². The molecule has 0 unspecified atom stereocenters. The molecule has 0 fully saturated rings. The van der Waals surface area contributed by atoms with Crippen LogP contribution < -0.4 is 0 Å². The zero-order valence-corrected chi connectivity index (χ0v) is 8.55. The third kappa shape index (κ3) is 7.40. The highest BCUT2D eigenvalue weighted by Gasteiger charge is 2.00.